The van der Waals surface area contributed by atoms with Gasteiger partial charge in [-0.3, -0.25) is 0 Å². The Bertz CT molecular complexity index is 1050. The summed E-state index contributed by atoms with van der Waals surface area (Å²) in [7, 11) is 0. The third-order valence-corrected chi connectivity index (χ3v) is 6.71. The summed E-state index contributed by atoms with van der Waals surface area (Å²) in [6.07, 6.45) is 11.7. The van der Waals surface area contributed by atoms with Crippen LogP contribution < -0.4 is 11.4 Å². The van der Waals surface area contributed by atoms with E-state index in [0.29, 0.717) is 11.6 Å². The lowest BCUT2D eigenvalue weighted by molar-refractivity contribution is 0.0633. The lowest BCUT2D eigenvalue weighted by Crippen LogP contribution is -2.57. The van der Waals surface area contributed by atoms with Crippen molar-refractivity contribution in [1.29, 1.82) is 0 Å². The first-order valence-electron chi connectivity index (χ1n) is 8.56. The van der Waals surface area contributed by atoms with Crippen LogP contribution in [0.15, 0.2) is 64.2 Å². The van der Waals surface area contributed by atoms with Crippen LogP contribution in [-0.4, -0.2) is 13.9 Å². The van der Waals surface area contributed by atoms with Crippen LogP contribution in [0.5, 0.6) is 0 Å². The van der Waals surface area contributed by atoms with Crippen LogP contribution in [0, 0.1) is 11.3 Å². The molecule has 2 aromatic rings. The lowest BCUT2D eigenvalue weighted by Gasteiger charge is -2.50. The summed E-state index contributed by atoms with van der Waals surface area (Å²) in [5.41, 5.74) is -0.0000816. The number of hydrogen-bond acceptors (Lipinski definition) is 2. The maximum atomic E-state index is 13.3. The summed E-state index contributed by atoms with van der Waals surface area (Å²) in [5, 5.41) is 0. The molecule has 1 aromatic carbocycles. The number of para-hydroxylation sites is 1. The molecule has 2 bridgehead atoms. The van der Waals surface area contributed by atoms with E-state index in [0.717, 1.165) is 19.3 Å². The fraction of sp³-hybridized carbons (Fsp3) is 0.368. The van der Waals surface area contributed by atoms with Crippen LogP contribution in [0.25, 0.3) is 5.69 Å². The zero-order valence-electron chi connectivity index (χ0n) is 13.1. The summed E-state index contributed by atoms with van der Waals surface area (Å²) in [5.74, 6) is 0.483. The Morgan fingerprint density at radius 1 is 1.00 bits per heavy atom. The highest BCUT2D eigenvalue weighted by molar-refractivity contribution is 5.38. The van der Waals surface area contributed by atoms with Crippen LogP contribution in [0.1, 0.15) is 25.3 Å². The quantitative estimate of drug-likeness (QED) is 0.755. The van der Waals surface area contributed by atoms with E-state index in [1.54, 1.807) is 9.36 Å². The highest BCUT2D eigenvalue weighted by Gasteiger charge is 2.74. The monoisotopic (exact) mass is 319 g/mol. The fourth-order valence-corrected chi connectivity index (χ4v) is 5.57. The Hall–Kier alpha value is -2.56. The SMILES string of the molecule is O=c1n(-c2ccccc2)c(=O)n2n1[C@H]1C=C[C@@]23CC=CC[C@]32C[C@H]12. The van der Waals surface area contributed by atoms with Crippen molar-refractivity contribution in [2.24, 2.45) is 11.3 Å². The van der Waals surface area contributed by atoms with Crippen molar-refractivity contribution in [1.82, 2.24) is 13.9 Å². The van der Waals surface area contributed by atoms with Gasteiger partial charge in [0.15, 0.2) is 0 Å². The molecule has 120 valence electrons. The van der Waals surface area contributed by atoms with Gasteiger partial charge in [0.25, 0.3) is 0 Å². The molecule has 1 fully saturated rings. The molecule has 5 nitrogen and oxygen atoms in total. The molecule has 5 aliphatic rings. The normalized spacial score (nSPS) is 37.0. The van der Waals surface area contributed by atoms with Crippen molar-refractivity contribution < 1.29 is 0 Å². The van der Waals surface area contributed by atoms with Gasteiger partial charge in [-0.2, -0.15) is 0 Å². The van der Waals surface area contributed by atoms with Gasteiger partial charge in [0.2, 0.25) is 0 Å². The van der Waals surface area contributed by atoms with E-state index in [2.05, 4.69) is 24.3 Å². The molecule has 24 heavy (non-hydrogen) atoms. The predicted molar refractivity (Wildman–Crippen MR) is 89.4 cm³/mol. The van der Waals surface area contributed by atoms with E-state index in [1.165, 1.54) is 4.57 Å². The van der Waals surface area contributed by atoms with Gasteiger partial charge in [-0.25, -0.2) is 23.5 Å². The Morgan fingerprint density at radius 2 is 1.79 bits per heavy atom. The second kappa shape index (κ2) is 3.74. The summed E-state index contributed by atoms with van der Waals surface area (Å²) < 4.78 is 4.84. The molecule has 2 spiro atoms. The number of nitrogens with zero attached hydrogens (tertiary/aromatic N) is 3. The minimum absolute atomic E-state index is 0.0172. The smallest absolute Gasteiger partial charge is 0.245 e. The van der Waals surface area contributed by atoms with Crippen molar-refractivity contribution >= 4 is 0 Å². The molecule has 4 atom stereocenters. The molecule has 0 radical (unpaired) electrons. The Balaban J connectivity index is 1.72. The van der Waals surface area contributed by atoms with E-state index in [1.807, 2.05) is 30.3 Å². The number of aromatic nitrogens is 3. The van der Waals surface area contributed by atoms with E-state index >= 15 is 0 Å². The van der Waals surface area contributed by atoms with E-state index in [9.17, 15) is 9.59 Å². The third-order valence-electron chi connectivity index (χ3n) is 6.71. The molecule has 0 saturated heterocycles. The van der Waals surface area contributed by atoms with Gasteiger partial charge in [-0.1, -0.05) is 42.5 Å². The van der Waals surface area contributed by atoms with Gasteiger partial charge in [0.05, 0.1) is 17.3 Å². The Kier molecular flexibility index (Phi) is 2.00. The molecule has 3 heterocycles. The summed E-state index contributed by atoms with van der Waals surface area (Å²) in [4.78, 5) is 26.4. The number of benzene rings is 1. The van der Waals surface area contributed by atoms with E-state index < -0.39 is 0 Å². The first kappa shape index (κ1) is 12.8. The topological polar surface area (TPSA) is 48.9 Å². The average molecular weight is 319 g/mol. The zero-order chi connectivity index (χ0) is 16.1. The van der Waals surface area contributed by atoms with E-state index in [-0.39, 0.29) is 28.4 Å². The summed E-state index contributed by atoms with van der Waals surface area (Å²) in [6.45, 7) is 0. The van der Waals surface area contributed by atoms with Crippen LogP contribution >= 0.6 is 0 Å². The second-order valence-corrected chi connectivity index (χ2v) is 7.51. The van der Waals surface area contributed by atoms with Crippen LogP contribution in [0.2, 0.25) is 0 Å². The minimum atomic E-state index is -0.364. The second-order valence-electron chi connectivity index (χ2n) is 7.51. The molecule has 0 unspecified atom stereocenters. The average Bonchev–Trinajstić information content (AvgIpc) is 3.31. The molecule has 1 aromatic heterocycles. The molecule has 1 saturated carbocycles. The van der Waals surface area contributed by atoms with Crippen molar-refractivity contribution in [3.05, 3.63) is 75.6 Å². The van der Waals surface area contributed by atoms with Gasteiger partial charge in [-0.15, -0.1) is 0 Å². The summed E-state index contributed by atoms with van der Waals surface area (Å²) >= 11 is 0. The van der Waals surface area contributed by atoms with Crippen LogP contribution in [0.3, 0.4) is 0 Å². The number of hydrogen-bond donors (Lipinski definition) is 0. The number of rotatable bonds is 1. The van der Waals surface area contributed by atoms with Crippen molar-refractivity contribution in [3.8, 4) is 5.69 Å². The molecular formula is C19H17N3O2. The van der Waals surface area contributed by atoms with Gasteiger partial charge >= 0.3 is 11.4 Å². The Labute approximate surface area is 138 Å². The Morgan fingerprint density at radius 3 is 2.62 bits per heavy atom. The van der Waals surface area contributed by atoms with E-state index in [4.69, 9.17) is 0 Å². The standard InChI is InChI=1S/C19H17N3O2/c23-16-20(13-6-2-1-3-7-13)17(24)22-19-10-5-4-9-18(19)12-14(18)15(8-11-19)21(16)22/h1-8,11,14-15H,9-10,12H2/t14-,15+,18-,19-/m1/s1. The maximum absolute atomic E-state index is 13.3. The van der Waals surface area contributed by atoms with Gasteiger partial charge < -0.3 is 0 Å². The molecule has 0 N–H and O–H groups in total. The highest BCUT2D eigenvalue weighted by atomic mass is 16.2. The minimum Gasteiger partial charge on any atom is -0.245 e. The van der Waals surface area contributed by atoms with Gasteiger partial charge in [0, 0.05) is 5.41 Å². The van der Waals surface area contributed by atoms with Crippen LogP contribution in [-0.2, 0) is 5.54 Å². The largest absolute Gasteiger partial charge is 0.352 e. The van der Waals surface area contributed by atoms with Gasteiger partial charge in [0.1, 0.15) is 0 Å². The molecule has 2 aliphatic heterocycles. The first-order valence-corrected chi connectivity index (χ1v) is 8.56. The molecule has 0 amide bonds. The van der Waals surface area contributed by atoms with Crippen molar-refractivity contribution in [2.75, 3.05) is 0 Å². The van der Waals surface area contributed by atoms with Crippen molar-refractivity contribution in [3.63, 3.8) is 0 Å². The molecule has 3 aliphatic carbocycles. The van der Waals surface area contributed by atoms with Crippen molar-refractivity contribution in [2.45, 2.75) is 30.8 Å². The highest BCUT2D eigenvalue weighted by Crippen LogP contribution is 2.74. The zero-order valence-corrected chi connectivity index (χ0v) is 13.1. The van der Waals surface area contributed by atoms with Gasteiger partial charge in [-0.05, 0) is 37.3 Å². The molecular weight excluding hydrogens is 302 g/mol. The maximum Gasteiger partial charge on any atom is 0.352 e. The first-order chi connectivity index (χ1) is 11.7. The van der Waals surface area contributed by atoms with Crippen LogP contribution in [0.4, 0.5) is 0 Å². The predicted octanol–water partition coefficient (Wildman–Crippen LogP) is 1.98. The molecule has 7 rings (SSSR count). The third kappa shape index (κ3) is 1.13. The number of allylic oxidation sites excluding steroid dienone is 4. The summed E-state index contributed by atoms with van der Waals surface area (Å²) in [6, 6.07) is 9.26. The fourth-order valence-electron chi connectivity index (χ4n) is 5.57. The molecule has 5 heteroatoms. The lowest BCUT2D eigenvalue weighted by atomic mass is 9.66.